The Labute approximate surface area is 152 Å². The van der Waals surface area contributed by atoms with E-state index >= 15 is 0 Å². The third-order valence-corrected chi connectivity index (χ3v) is 5.53. The van der Waals surface area contributed by atoms with Gasteiger partial charge in [-0.25, -0.2) is 0 Å². The number of carbonyl (C=O) groups is 2. The number of halogens is 1. The molecule has 0 radical (unpaired) electrons. The molecule has 1 aromatic carbocycles. The molecule has 1 aliphatic heterocycles. The predicted octanol–water partition coefficient (Wildman–Crippen LogP) is 3.32. The van der Waals surface area contributed by atoms with E-state index in [2.05, 4.69) is 33.4 Å². The summed E-state index contributed by atoms with van der Waals surface area (Å²) in [6.07, 6.45) is 3.68. The maximum atomic E-state index is 12.8. The molecule has 3 rings (SSSR count). The topological polar surface area (TPSA) is 49.4 Å². The van der Waals surface area contributed by atoms with Crippen LogP contribution in [0.3, 0.4) is 0 Å². The zero-order chi connectivity index (χ0) is 17.1. The molecule has 2 amide bonds. The molecule has 1 saturated heterocycles. The first kappa shape index (κ1) is 17.5. The van der Waals surface area contributed by atoms with Crippen molar-refractivity contribution < 1.29 is 9.59 Å². The van der Waals surface area contributed by atoms with E-state index in [1.165, 1.54) is 5.56 Å². The number of nitrogens with zero attached hydrogens (tertiary/aromatic N) is 1. The zero-order valence-electron chi connectivity index (χ0n) is 14.1. The molecule has 5 heteroatoms. The molecule has 1 saturated carbocycles. The van der Waals surface area contributed by atoms with E-state index in [0.717, 1.165) is 43.2 Å². The molecule has 0 bridgehead atoms. The van der Waals surface area contributed by atoms with Crippen molar-refractivity contribution in [3.8, 4) is 0 Å². The quantitative estimate of drug-likeness (QED) is 0.835. The molecular formula is C19H25BrN2O2. The average Bonchev–Trinajstić information content (AvgIpc) is 3.40. The number of amides is 2. The SMILES string of the molecule is CCCNC(=O)C1CCCN(C(=O)C2CC2c2cccc(Br)c2)C1. The molecule has 130 valence electrons. The van der Waals surface area contributed by atoms with Gasteiger partial charge in [-0.1, -0.05) is 35.0 Å². The number of rotatable bonds is 5. The lowest BCUT2D eigenvalue weighted by Crippen LogP contribution is -2.46. The highest BCUT2D eigenvalue weighted by molar-refractivity contribution is 9.10. The van der Waals surface area contributed by atoms with E-state index in [1.54, 1.807) is 0 Å². The van der Waals surface area contributed by atoms with Gasteiger partial charge in [-0.2, -0.15) is 0 Å². The van der Waals surface area contributed by atoms with Crippen LogP contribution in [0.5, 0.6) is 0 Å². The molecule has 4 nitrogen and oxygen atoms in total. The standard InChI is InChI=1S/C19H25BrN2O2/c1-2-8-21-18(23)14-6-4-9-22(12-14)19(24)17-11-16(17)13-5-3-7-15(20)10-13/h3,5,7,10,14,16-17H,2,4,6,8-9,11-12H2,1H3,(H,21,23). The molecule has 3 unspecified atom stereocenters. The van der Waals surface area contributed by atoms with Gasteiger partial charge in [-0.15, -0.1) is 0 Å². The van der Waals surface area contributed by atoms with E-state index in [0.29, 0.717) is 12.5 Å². The molecule has 1 heterocycles. The largest absolute Gasteiger partial charge is 0.356 e. The van der Waals surface area contributed by atoms with Gasteiger partial charge in [-0.3, -0.25) is 9.59 Å². The molecule has 0 spiro atoms. The first-order valence-electron chi connectivity index (χ1n) is 8.92. The lowest BCUT2D eigenvalue weighted by molar-refractivity contribution is -0.136. The van der Waals surface area contributed by atoms with Crippen molar-refractivity contribution in [1.82, 2.24) is 10.2 Å². The van der Waals surface area contributed by atoms with Crippen LogP contribution in [0.1, 0.15) is 44.1 Å². The molecule has 1 N–H and O–H groups in total. The van der Waals surface area contributed by atoms with Crippen LogP contribution in [0, 0.1) is 11.8 Å². The van der Waals surface area contributed by atoms with Crippen LogP contribution in [-0.2, 0) is 9.59 Å². The number of benzene rings is 1. The molecular weight excluding hydrogens is 368 g/mol. The summed E-state index contributed by atoms with van der Waals surface area (Å²) in [6.45, 7) is 4.14. The zero-order valence-corrected chi connectivity index (χ0v) is 15.7. The molecule has 24 heavy (non-hydrogen) atoms. The smallest absolute Gasteiger partial charge is 0.226 e. The molecule has 1 aromatic rings. The van der Waals surface area contributed by atoms with Crippen molar-refractivity contribution in [1.29, 1.82) is 0 Å². The van der Waals surface area contributed by atoms with Crippen LogP contribution in [0.25, 0.3) is 0 Å². The van der Waals surface area contributed by atoms with Gasteiger partial charge in [0, 0.05) is 30.0 Å². The Hall–Kier alpha value is -1.36. The maximum Gasteiger partial charge on any atom is 0.226 e. The number of likely N-dealkylation sites (tertiary alicyclic amines) is 1. The third kappa shape index (κ3) is 4.00. The minimum Gasteiger partial charge on any atom is -0.356 e. The highest BCUT2D eigenvalue weighted by Gasteiger charge is 2.46. The molecule has 2 aliphatic rings. The highest BCUT2D eigenvalue weighted by Crippen LogP contribution is 2.49. The molecule has 1 aliphatic carbocycles. The second-order valence-corrected chi connectivity index (χ2v) is 7.83. The molecule has 0 aromatic heterocycles. The first-order chi connectivity index (χ1) is 11.6. The fourth-order valence-electron chi connectivity index (χ4n) is 3.59. The van der Waals surface area contributed by atoms with Gasteiger partial charge >= 0.3 is 0 Å². The lowest BCUT2D eigenvalue weighted by atomic mass is 9.96. The van der Waals surface area contributed by atoms with Gasteiger partial charge in [0.15, 0.2) is 0 Å². The van der Waals surface area contributed by atoms with E-state index in [9.17, 15) is 9.59 Å². The van der Waals surface area contributed by atoms with Crippen LogP contribution in [0.4, 0.5) is 0 Å². The number of nitrogens with one attached hydrogen (secondary N) is 1. The van der Waals surface area contributed by atoms with Crippen molar-refractivity contribution in [2.75, 3.05) is 19.6 Å². The van der Waals surface area contributed by atoms with Gasteiger partial charge in [0.2, 0.25) is 11.8 Å². The van der Waals surface area contributed by atoms with Crippen LogP contribution in [-0.4, -0.2) is 36.3 Å². The highest BCUT2D eigenvalue weighted by atomic mass is 79.9. The van der Waals surface area contributed by atoms with Gasteiger partial charge in [0.25, 0.3) is 0 Å². The third-order valence-electron chi connectivity index (χ3n) is 5.04. The Morgan fingerprint density at radius 1 is 1.38 bits per heavy atom. The Balaban J connectivity index is 1.57. The minimum absolute atomic E-state index is 0.0441. The summed E-state index contributed by atoms with van der Waals surface area (Å²) in [5.41, 5.74) is 1.23. The predicted molar refractivity (Wildman–Crippen MR) is 97.6 cm³/mol. The van der Waals surface area contributed by atoms with E-state index in [1.807, 2.05) is 24.0 Å². The van der Waals surface area contributed by atoms with Crippen LogP contribution in [0.15, 0.2) is 28.7 Å². The van der Waals surface area contributed by atoms with E-state index in [4.69, 9.17) is 0 Å². The Morgan fingerprint density at radius 3 is 2.96 bits per heavy atom. The Morgan fingerprint density at radius 2 is 2.21 bits per heavy atom. The normalized spacial score (nSPS) is 26.1. The fraction of sp³-hybridized carbons (Fsp3) is 0.579. The number of piperidine rings is 1. The van der Waals surface area contributed by atoms with Crippen molar-refractivity contribution in [2.45, 2.75) is 38.5 Å². The number of hydrogen-bond donors (Lipinski definition) is 1. The summed E-state index contributed by atoms with van der Waals surface area (Å²) in [4.78, 5) is 26.9. The summed E-state index contributed by atoms with van der Waals surface area (Å²) >= 11 is 3.50. The summed E-state index contributed by atoms with van der Waals surface area (Å²) < 4.78 is 1.06. The summed E-state index contributed by atoms with van der Waals surface area (Å²) in [6, 6.07) is 8.23. The lowest BCUT2D eigenvalue weighted by Gasteiger charge is -2.32. The van der Waals surface area contributed by atoms with Crippen molar-refractivity contribution in [2.24, 2.45) is 11.8 Å². The summed E-state index contributed by atoms with van der Waals surface area (Å²) in [5, 5.41) is 2.97. The van der Waals surface area contributed by atoms with Crippen LogP contribution in [0.2, 0.25) is 0 Å². The van der Waals surface area contributed by atoms with Crippen LogP contribution >= 0.6 is 15.9 Å². The number of hydrogen-bond acceptors (Lipinski definition) is 2. The maximum absolute atomic E-state index is 12.8. The van der Waals surface area contributed by atoms with Gasteiger partial charge < -0.3 is 10.2 Å². The van der Waals surface area contributed by atoms with Crippen molar-refractivity contribution >= 4 is 27.7 Å². The molecule has 2 fully saturated rings. The second-order valence-electron chi connectivity index (χ2n) is 6.92. The van der Waals surface area contributed by atoms with Crippen molar-refractivity contribution in [3.63, 3.8) is 0 Å². The van der Waals surface area contributed by atoms with E-state index < -0.39 is 0 Å². The summed E-state index contributed by atoms with van der Waals surface area (Å²) in [7, 11) is 0. The van der Waals surface area contributed by atoms with E-state index in [-0.39, 0.29) is 23.7 Å². The first-order valence-corrected chi connectivity index (χ1v) is 9.71. The number of carbonyl (C=O) groups excluding carboxylic acids is 2. The Bertz CT molecular complexity index is 619. The summed E-state index contributed by atoms with van der Waals surface area (Å²) in [5.74, 6) is 0.722. The Kier molecular flexibility index (Phi) is 5.59. The molecule has 3 atom stereocenters. The van der Waals surface area contributed by atoms with Gasteiger partial charge in [0.1, 0.15) is 0 Å². The minimum atomic E-state index is -0.0441. The van der Waals surface area contributed by atoms with Gasteiger partial charge in [0.05, 0.1) is 5.92 Å². The fourth-order valence-corrected chi connectivity index (χ4v) is 4.01. The average molecular weight is 393 g/mol. The van der Waals surface area contributed by atoms with Crippen LogP contribution < -0.4 is 5.32 Å². The second kappa shape index (κ2) is 7.68. The van der Waals surface area contributed by atoms with Gasteiger partial charge in [-0.05, 0) is 49.3 Å². The monoisotopic (exact) mass is 392 g/mol. The van der Waals surface area contributed by atoms with Crippen molar-refractivity contribution in [3.05, 3.63) is 34.3 Å².